The van der Waals surface area contributed by atoms with Crippen LogP contribution in [0.4, 0.5) is 5.69 Å². The van der Waals surface area contributed by atoms with E-state index in [0.29, 0.717) is 50.4 Å². The molecule has 0 saturated heterocycles. The number of amides is 1. The molecule has 0 fully saturated rings. The Morgan fingerprint density at radius 2 is 1.80 bits per heavy atom. The summed E-state index contributed by atoms with van der Waals surface area (Å²) < 4.78 is 12.4. The van der Waals surface area contributed by atoms with Gasteiger partial charge in [0.1, 0.15) is 17.1 Å². The van der Waals surface area contributed by atoms with Crippen molar-refractivity contribution in [3.05, 3.63) is 93.1 Å². The lowest BCUT2D eigenvalue weighted by Gasteiger charge is -2.11. The summed E-state index contributed by atoms with van der Waals surface area (Å²) in [5.41, 5.74) is 1.95. The van der Waals surface area contributed by atoms with Crippen molar-refractivity contribution in [2.45, 2.75) is 6.92 Å². The van der Waals surface area contributed by atoms with Crippen LogP contribution in [-0.4, -0.2) is 12.5 Å². The number of rotatable bonds is 5. The fraction of sp³-hybridized carbons (Fsp3) is 0.0833. The van der Waals surface area contributed by atoms with Gasteiger partial charge >= 0.3 is 0 Å². The van der Waals surface area contributed by atoms with E-state index in [1.54, 1.807) is 36.4 Å². The molecule has 4 aromatic rings. The molecule has 0 unspecified atom stereocenters. The summed E-state index contributed by atoms with van der Waals surface area (Å²) in [6, 6.07) is 21.0. The maximum absolute atomic E-state index is 12.6. The topological polar surface area (TPSA) is 68.5 Å². The fourth-order valence-electron chi connectivity index (χ4n) is 3.16. The lowest BCUT2D eigenvalue weighted by molar-refractivity contribution is 0.102. The van der Waals surface area contributed by atoms with Crippen LogP contribution in [-0.2, 0) is 0 Å². The molecule has 0 saturated carbocycles. The van der Waals surface area contributed by atoms with Crippen molar-refractivity contribution in [2.24, 2.45) is 0 Å². The van der Waals surface area contributed by atoms with Crippen LogP contribution in [0.1, 0.15) is 17.3 Å². The van der Waals surface area contributed by atoms with Gasteiger partial charge < -0.3 is 14.5 Å². The van der Waals surface area contributed by atoms with Gasteiger partial charge in [0.2, 0.25) is 0 Å². The largest absolute Gasteiger partial charge is 0.493 e. The second-order valence-electron chi connectivity index (χ2n) is 6.55. The molecule has 0 spiro atoms. The molecule has 150 valence electrons. The molecule has 6 heteroatoms. The predicted molar refractivity (Wildman–Crippen MR) is 121 cm³/mol. The Morgan fingerprint density at radius 1 is 1.03 bits per heavy atom. The van der Waals surface area contributed by atoms with Crippen LogP contribution < -0.4 is 15.5 Å². The Hall–Kier alpha value is -3.38. The van der Waals surface area contributed by atoms with Crippen molar-refractivity contribution in [1.82, 2.24) is 0 Å². The normalized spacial score (nSPS) is 10.7. The minimum Gasteiger partial charge on any atom is -0.493 e. The lowest BCUT2D eigenvalue weighted by atomic mass is 10.1. The van der Waals surface area contributed by atoms with E-state index < -0.39 is 0 Å². The van der Waals surface area contributed by atoms with Gasteiger partial charge in [0, 0.05) is 22.3 Å². The van der Waals surface area contributed by atoms with Gasteiger partial charge in [-0.05, 0) is 59.3 Å². The zero-order valence-electron chi connectivity index (χ0n) is 16.1. The highest BCUT2D eigenvalue weighted by Gasteiger charge is 2.14. The zero-order valence-corrected chi connectivity index (χ0v) is 17.7. The summed E-state index contributed by atoms with van der Waals surface area (Å²) in [5.74, 6) is 0.786. The van der Waals surface area contributed by atoms with Gasteiger partial charge in [0.25, 0.3) is 5.91 Å². The smallest absolute Gasteiger partial charge is 0.256 e. The number of carbonyl (C=O) groups excluding carboxylic acids is 1. The molecule has 0 atom stereocenters. The van der Waals surface area contributed by atoms with Crippen molar-refractivity contribution < 1.29 is 13.9 Å². The number of benzene rings is 3. The van der Waals surface area contributed by atoms with Gasteiger partial charge in [-0.1, -0.05) is 24.3 Å². The van der Waals surface area contributed by atoms with Crippen molar-refractivity contribution >= 4 is 38.5 Å². The van der Waals surface area contributed by atoms with Gasteiger partial charge in [0.15, 0.2) is 5.43 Å². The number of fused-ring (bicyclic) bond motifs is 1. The number of hydrogen-bond donors (Lipinski definition) is 1. The van der Waals surface area contributed by atoms with Crippen LogP contribution in [0.25, 0.3) is 22.3 Å². The summed E-state index contributed by atoms with van der Waals surface area (Å²) in [7, 11) is 0. The number of halogens is 1. The summed E-state index contributed by atoms with van der Waals surface area (Å²) >= 11 is 3.38. The van der Waals surface area contributed by atoms with Crippen molar-refractivity contribution in [3.63, 3.8) is 0 Å². The standard InChI is InChI=1S/C24H18BrNO4/c1-2-29-21-10-6-4-8-18(21)23-14-20(27)17-12-11-15(13-22(17)30-23)26-24(28)16-7-3-5-9-19(16)25/h3-14H,2H2,1H3,(H,26,28). The van der Waals surface area contributed by atoms with E-state index in [4.69, 9.17) is 9.15 Å². The predicted octanol–water partition coefficient (Wildman–Crippen LogP) is 5.87. The second kappa shape index (κ2) is 8.55. The number of carbonyl (C=O) groups is 1. The first-order valence-electron chi connectivity index (χ1n) is 9.43. The molecule has 0 aliphatic heterocycles. The Balaban J connectivity index is 1.73. The quantitative estimate of drug-likeness (QED) is 0.401. The number of para-hydroxylation sites is 1. The summed E-state index contributed by atoms with van der Waals surface area (Å²) in [4.78, 5) is 25.2. The van der Waals surface area contributed by atoms with Crippen molar-refractivity contribution in [3.8, 4) is 17.1 Å². The molecular weight excluding hydrogens is 446 g/mol. The summed E-state index contributed by atoms with van der Waals surface area (Å²) in [6.45, 7) is 2.40. The fourth-order valence-corrected chi connectivity index (χ4v) is 3.63. The maximum Gasteiger partial charge on any atom is 0.256 e. The average Bonchev–Trinajstić information content (AvgIpc) is 2.74. The Labute approximate surface area is 181 Å². The third kappa shape index (κ3) is 4.00. The van der Waals surface area contributed by atoms with Crippen LogP contribution in [0, 0.1) is 0 Å². The second-order valence-corrected chi connectivity index (χ2v) is 7.40. The number of nitrogens with one attached hydrogen (secondary N) is 1. The van der Waals surface area contributed by atoms with E-state index in [0.717, 1.165) is 0 Å². The third-order valence-electron chi connectivity index (χ3n) is 4.56. The number of hydrogen-bond acceptors (Lipinski definition) is 4. The lowest BCUT2D eigenvalue weighted by Crippen LogP contribution is -2.12. The molecule has 1 aromatic heterocycles. The van der Waals surface area contributed by atoms with Gasteiger partial charge in [-0.2, -0.15) is 0 Å². The number of anilines is 1. The molecule has 1 heterocycles. The van der Waals surface area contributed by atoms with Crippen molar-refractivity contribution in [1.29, 1.82) is 0 Å². The molecule has 3 aromatic carbocycles. The van der Waals surface area contributed by atoms with Gasteiger partial charge in [0.05, 0.1) is 23.1 Å². The highest BCUT2D eigenvalue weighted by Crippen LogP contribution is 2.31. The molecule has 4 rings (SSSR count). The number of ether oxygens (including phenoxy) is 1. The monoisotopic (exact) mass is 463 g/mol. The molecule has 0 radical (unpaired) electrons. The van der Waals surface area contributed by atoms with Crippen LogP contribution in [0.15, 0.2) is 86.5 Å². The first-order valence-corrected chi connectivity index (χ1v) is 10.2. The molecule has 1 N–H and O–H groups in total. The van der Waals surface area contributed by atoms with E-state index in [1.165, 1.54) is 6.07 Å². The van der Waals surface area contributed by atoms with Gasteiger partial charge in [-0.25, -0.2) is 0 Å². The minimum atomic E-state index is -0.262. The van der Waals surface area contributed by atoms with E-state index in [2.05, 4.69) is 21.2 Å². The van der Waals surface area contributed by atoms with E-state index >= 15 is 0 Å². The first kappa shape index (κ1) is 19.9. The van der Waals surface area contributed by atoms with Gasteiger partial charge in [-0.3, -0.25) is 9.59 Å². The van der Waals surface area contributed by atoms with E-state index in [9.17, 15) is 9.59 Å². The Morgan fingerprint density at radius 3 is 2.60 bits per heavy atom. The summed E-state index contributed by atoms with van der Waals surface area (Å²) in [6.07, 6.45) is 0. The molecule has 0 bridgehead atoms. The average molecular weight is 464 g/mol. The molecule has 0 aliphatic carbocycles. The van der Waals surface area contributed by atoms with E-state index in [-0.39, 0.29) is 11.3 Å². The summed E-state index contributed by atoms with van der Waals surface area (Å²) in [5, 5.41) is 3.28. The SMILES string of the molecule is CCOc1ccccc1-c1cc(=O)c2ccc(NC(=O)c3ccccc3Br)cc2o1. The highest BCUT2D eigenvalue weighted by molar-refractivity contribution is 9.10. The Kier molecular flexibility index (Phi) is 5.68. The zero-order chi connectivity index (χ0) is 21.1. The van der Waals surface area contributed by atoms with Crippen LogP contribution in [0.5, 0.6) is 5.75 Å². The van der Waals surface area contributed by atoms with Gasteiger partial charge in [-0.15, -0.1) is 0 Å². The first-order chi connectivity index (χ1) is 14.6. The molecule has 1 amide bonds. The van der Waals surface area contributed by atoms with Crippen LogP contribution in [0.2, 0.25) is 0 Å². The van der Waals surface area contributed by atoms with Crippen molar-refractivity contribution in [2.75, 3.05) is 11.9 Å². The molecule has 5 nitrogen and oxygen atoms in total. The molecular formula is C24H18BrNO4. The Bertz CT molecular complexity index is 1300. The van der Waals surface area contributed by atoms with E-state index in [1.807, 2.05) is 37.3 Å². The van der Waals surface area contributed by atoms with Crippen LogP contribution in [0.3, 0.4) is 0 Å². The molecule has 0 aliphatic rings. The maximum atomic E-state index is 12.6. The third-order valence-corrected chi connectivity index (χ3v) is 5.25. The molecule has 30 heavy (non-hydrogen) atoms. The van der Waals surface area contributed by atoms with Crippen LogP contribution >= 0.6 is 15.9 Å². The highest BCUT2D eigenvalue weighted by atomic mass is 79.9. The minimum absolute atomic E-state index is 0.166.